The van der Waals surface area contributed by atoms with E-state index in [0.717, 1.165) is 4.48 Å². The molecule has 0 radical (unpaired) electrons. The third-order valence-electron chi connectivity index (χ3n) is 1.99. The normalized spacial score (nSPS) is 49.3. The molecule has 0 spiro atoms. The van der Waals surface area contributed by atoms with E-state index in [1.54, 1.807) is 0 Å². The predicted molar refractivity (Wildman–Crippen MR) is 29.6 cm³/mol. The van der Waals surface area contributed by atoms with Gasteiger partial charge in [-0.25, -0.2) is 0 Å². The summed E-state index contributed by atoms with van der Waals surface area (Å²) in [5, 5.41) is 0. The lowest BCUT2D eigenvalue weighted by Gasteiger charge is -2.07. The van der Waals surface area contributed by atoms with E-state index in [2.05, 4.69) is 14.0 Å². The topological polar surface area (TPSA) is 26.0 Å². The quantitative estimate of drug-likeness (QED) is 0.358. The molecule has 2 nitrogen and oxygen atoms in total. The van der Waals surface area contributed by atoms with Gasteiger partial charge in [-0.05, 0) is 6.92 Å². The van der Waals surface area contributed by atoms with Crippen LogP contribution in [-0.2, 0) is 0 Å². The second kappa shape index (κ2) is 1.20. The number of hydrogen-bond acceptors (Lipinski definition) is 1. The molecule has 0 bridgehead atoms. The number of rotatable bonds is 1. The SMILES string of the molecule is CC[N+]1(C)CC1N. The zero-order valence-electron chi connectivity index (χ0n) is 5.02. The number of nitrogens with zero attached hydrogens (tertiary/aromatic N) is 1. The first kappa shape index (κ1) is 5.06. The number of nitrogens with two attached hydrogens (primary N) is 1. The van der Waals surface area contributed by atoms with Crippen molar-refractivity contribution in [3.05, 3.63) is 0 Å². The molecule has 1 saturated heterocycles. The van der Waals surface area contributed by atoms with Crippen molar-refractivity contribution in [3.8, 4) is 0 Å². The fourth-order valence-electron chi connectivity index (χ4n) is 0.744. The summed E-state index contributed by atoms with van der Waals surface area (Å²) in [5.74, 6) is 0. The fraction of sp³-hybridized carbons (Fsp3) is 1.00. The zero-order valence-corrected chi connectivity index (χ0v) is 5.02. The zero-order chi connectivity index (χ0) is 5.49. The van der Waals surface area contributed by atoms with Gasteiger partial charge in [-0.15, -0.1) is 0 Å². The molecule has 0 aromatic carbocycles. The third kappa shape index (κ3) is 0.640. The molecule has 0 aromatic rings. The van der Waals surface area contributed by atoms with Crippen LogP contribution in [0.5, 0.6) is 0 Å². The van der Waals surface area contributed by atoms with Crippen molar-refractivity contribution >= 4 is 0 Å². The first-order valence-electron chi connectivity index (χ1n) is 2.79. The van der Waals surface area contributed by atoms with E-state index < -0.39 is 0 Å². The molecule has 2 atom stereocenters. The van der Waals surface area contributed by atoms with Crippen LogP contribution in [0.25, 0.3) is 0 Å². The second-order valence-electron chi connectivity index (χ2n) is 2.55. The van der Waals surface area contributed by atoms with E-state index in [1.165, 1.54) is 13.1 Å². The molecular weight excluding hydrogens is 88.1 g/mol. The van der Waals surface area contributed by atoms with Gasteiger partial charge in [0.2, 0.25) is 0 Å². The van der Waals surface area contributed by atoms with Crippen molar-refractivity contribution in [2.45, 2.75) is 13.1 Å². The van der Waals surface area contributed by atoms with Gasteiger partial charge in [-0.1, -0.05) is 0 Å². The summed E-state index contributed by atoms with van der Waals surface area (Å²) in [7, 11) is 2.19. The summed E-state index contributed by atoms with van der Waals surface area (Å²) < 4.78 is 1.08. The highest BCUT2D eigenvalue weighted by Crippen LogP contribution is 2.21. The molecule has 42 valence electrons. The van der Waals surface area contributed by atoms with E-state index in [1.807, 2.05) is 0 Å². The van der Waals surface area contributed by atoms with Gasteiger partial charge in [0.1, 0.15) is 6.54 Å². The van der Waals surface area contributed by atoms with E-state index >= 15 is 0 Å². The molecule has 1 heterocycles. The van der Waals surface area contributed by atoms with E-state index in [-0.39, 0.29) is 0 Å². The lowest BCUT2D eigenvalue weighted by molar-refractivity contribution is -0.789. The van der Waals surface area contributed by atoms with Gasteiger partial charge in [0.05, 0.1) is 13.6 Å². The van der Waals surface area contributed by atoms with Crippen molar-refractivity contribution < 1.29 is 4.48 Å². The van der Waals surface area contributed by atoms with E-state index in [9.17, 15) is 0 Å². The Bertz CT molecular complexity index is 78.1. The highest BCUT2D eigenvalue weighted by atomic mass is 15.5. The van der Waals surface area contributed by atoms with E-state index in [4.69, 9.17) is 5.73 Å². The average Bonchev–Trinajstić information content (AvgIpc) is 2.18. The summed E-state index contributed by atoms with van der Waals surface area (Å²) in [6.07, 6.45) is 0.449. The molecule has 0 saturated carbocycles. The Labute approximate surface area is 44.5 Å². The van der Waals surface area contributed by atoms with Crippen molar-refractivity contribution in [2.24, 2.45) is 5.73 Å². The van der Waals surface area contributed by atoms with Gasteiger partial charge in [0, 0.05) is 0 Å². The smallest absolute Gasteiger partial charge is 0.190 e. The van der Waals surface area contributed by atoms with Gasteiger partial charge in [0.15, 0.2) is 6.17 Å². The number of hydrogen-bond donors (Lipinski definition) is 1. The van der Waals surface area contributed by atoms with Crippen molar-refractivity contribution in [1.82, 2.24) is 0 Å². The Morgan fingerprint density at radius 3 is 2.29 bits per heavy atom. The van der Waals surface area contributed by atoms with Crippen LogP contribution < -0.4 is 5.73 Å². The minimum Gasteiger partial charge on any atom is -0.301 e. The highest BCUT2D eigenvalue weighted by molar-refractivity contribution is 4.62. The monoisotopic (exact) mass is 101 g/mol. The molecule has 1 rings (SSSR count). The standard InChI is InChI=1S/C5H13N2/c1-3-7(2)4-5(7)6/h5H,3-4,6H2,1-2H3/q+1. The average molecular weight is 101 g/mol. The second-order valence-corrected chi connectivity index (χ2v) is 2.55. The molecule has 0 amide bonds. The molecule has 2 unspecified atom stereocenters. The van der Waals surface area contributed by atoms with Crippen LogP contribution in [0, 0.1) is 0 Å². The van der Waals surface area contributed by atoms with Gasteiger partial charge < -0.3 is 4.48 Å². The van der Waals surface area contributed by atoms with Crippen LogP contribution in [-0.4, -0.2) is 30.8 Å². The summed E-state index contributed by atoms with van der Waals surface area (Å²) in [5.41, 5.74) is 5.58. The van der Waals surface area contributed by atoms with Gasteiger partial charge in [-0.3, -0.25) is 5.73 Å². The fourth-order valence-corrected chi connectivity index (χ4v) is 0.744. The van der Waals surface area contributed by atoms with Crippen LogP contribution in [0.4, 0.5) is 0 Å². The van der Waals surface area contributed by atoms with Gasteiger partial charge >= 0.3 is 0 Å². The Balaban J connectivity index is 2.36. The first-order chi connectivity index (χ1) is 3.19. The molecule has 2 N–H and O–H groups in total. The lowest BCUT2D eigenvalue weighted by atomic mass is 10.7. The predicted octanol–water partition coefficient (Wildman–Crippen LogP) is -0.249. The maximum absolute atomic E-state index is 5.58. The van der Waals surface area contributed by atoms with Crippen molar-refractivity contribution in [2.75, 3.05) is 20.1 Å². The summed E-state index contributed by atoms with van der Waals surface area (Å²) in [6.45, 7) is 4.53. The number of likely N-dealkylation sites (N-methyl/N-ethyl adjacent to an activating group) is 1. The largest absolute Gasteiger partial charge is 0.301 e. The van der Waals surface area contributed by atoms with Crippen molar-refractivity contribution in [1.29, 1.82) is 0 Å². The van der Waals surface area contributed by atoms with Crippen LogP contribution in [0.15, 0.2) is 0 Å². The molecule has 1 fully saturated rings. The van der Waals surface area contributed by atoms with Crippen LogP contribution in [0.1, 0.15) is 6.92 Å². The van der Waals surface area contributed by atoms with Crippen molar-refractivity contribution in [3.63, 3.8) is 0 Å². The highest BCUT2D eigenvalue weighted by Gasteiger charge is 2.46. The summed E-state index contributed by atoms with van der Waals surface area (Å²) >= 11 is 0. The minimum absolute atomic E-state index is 0.449. The molecule has 7 heavy (non-hydrogen) atoms. The minimum atomic E-state index is 0.449. The molecule has 0 aliphatic carbocycles. The van der Waals surface area contributed by atoms with Crippen LogP contribution in [0.2, 0.25) is 0 Å². The molecule has 1 aliphatic heterocycles. The molecule has 0 aromatic heterocycles. The van der Waals surface area contributed by atoms with Gasteiger partial charge in [0.25, 0.3) is 0 Å². The van der Waals surface area contributed by atoms with E-state index in [0.29, 0.717) is 6.17 Å². The van der Waals surface area contributed by atoms with Gasteiger partial charge in [-0.2, -0.15) is 0 Å². The lowest BCUT2D eigenvalue weighted by Crippen LogP contribution is -2.26. The maximum atomic E-state index is 5.58. The Hall–Kier alpha value is -0.0800. The Morgan fingerprint density at radius 2 is 2.29 bits per heavy atom. The third-order valence-corrected chi connectivity index (χ3v) is 1.99. The summed E-state index contributed by atoms with van der Waals surface area (Å²) in [4.78, 5) is 0. The Morgan fingerprint density at radius 1 is 1.86 bits per heavy atom. The number of quaternary nitrogens is 1. The van der Waals surface area contributed by atoms with Crippen LogP contribution in [0.3, 0.4) is 0 Å². The molecular formula is C5H13N2+. The first-order valence-corrected chi connectivity index (χ1v) is 2.79. The summed E-state index contributed by atoms with van der Waals surface area (Å²) in [6, 6.07) is 0. The molecule has 2 heteroatoms. The molecule has 1 aliphatic rings. The van der Waals surface area contributed by atoms with Crippen LogP contribution >= 0.6 is 0 Å². The maximum Gasteiger partial charge on any atom is 0.190 e. The Kier molecular flexibility index (Phi) is 0.869.